The van der Waals surface area contributed by atoms with Crippen LogP contribution in [0.5, 0.6) is 0 Å². The standard InChI is InChI=1S/C21H21F5N4OS.CH4O/c1-12-14(21(24,25)26)10-28-17(30-8-6-20(22,23)19(11-30)4-5-19)16(12)18(31)29-13-3-7-27-15(9-13)32-2;1-2/h3,7,9-10H,4-6,8,11H2,1-2H3,(H,27,29,31);2H,1H3. The van der Waals surface area contributed by atoms with Crippen molar-refractivity contribution in [1.82, 2.24) is 9.97 Å². The first-order valence-electron chi connectivity index (χ1n) is 10.4. The molecule has 0 bridgehead atoms. The van der Waals surface area contributed by atoms with Crippen molar-refractivity contribution in [2.45, 2.75) is 43.3 Å². The topological polar surface area (TPSA) is 78.4 Å². The predicted octanol–water partition coefficient (Wildman–Crippen LogP) is 5.01. The van der Waals surface area contributed by atoms with E-state index in [2.05, 4.69) is 15.3 Å². The SMILES string of the molecule is CO.CSc1cc(NC(=O)c2c(N3CCC(F)(F)C4(CC4)C3)ncc(C(F)(F)F)c2C)ccn1. The summed E-state index contributed by atoms with van der Waals surface area (Å²) in [4.78, 5) is 22.7. The first-order valence-corrected chi connectivity index (χ1v) is 11.7. The second-order valence-electron chi connectivity index (χ2n) is 8.19. The van der Waals surface area contributed by atoms with Crippen LogP contribution in [0.4, 0.5) is 33.5 Å². The molecule has 1 saturated carbocycles. The van der Waals surface area contributed by atoms with Crippen LogP contribution in [-0.2, 0) is 6.18 Å². The van der Waals surface area contributed by atoms with Gasteiger partial charge in [0.2, 0.25) is 0 Å². The summed E-state index contributed by atoms with van der Waals surface area (Å²) >= 11 is 1.34. The molecular formula is C22H25F5N4O2S. The van der Waals surface area contributed by atoms with Crippen LogP contribution < -0.4 is 10.2 Å². The minimum Gasteiger partial charge on any atom is -0.400 e. The number of piperidine rings is 1. The van der Waals surface area contributed by atoms with Gasteiger partial charge in [0.15, 0.2) is 0 Å². The molecule has 6 nitrogen and oxygen atoms in total. The van der Waals surface area contributed by atoms with Crippen molar-refractivity contribution in [3.8, 4) is 0 Å². The number of carbonyl (C=O) groups is 1. The van der Waals surface area contributed by atoms with E-state index in [0.717, 1.165) is 7.11 Å². The summed E-state index contributed by atoms with van der Waals surface area (Å²) in [5, 5.41) is 10.2. The van der Waals surface area contributed by atoms with Crippen LogP contribution in [0.25, 0.3) is 0 Å². The maximum Gasteiger partial charge on any atom is 0.418 e. The molecule has 2 N–H and O–H groups in total. The Hall–Kier alpha value is -2.47. The van der Waals surface area contributed by atoms with Gasteiger partial charge < -0.3 is 15.3 Å². The lowest BCUT2D eigenvalue weighted by Gasteiger charge is -2.40. The van der Waals surface area contributed by atoms with E-state index in [1.807, 2.05) is 0 Å². The number of thioether (sulfide) groups is 1. The Morgan fingerprint density at radius 2 is 1.88 bits per heavy atom. The molecule has 2 fully saturated rings. The molecule has 0 radical (unpaired) electrons. The minimum atomic E-state index is -4.71. The van der Waals surface area contributed by atoms with Gasteiger partial charge in [0, 0.05) is 44.7 Å². The van der Waals surface area contributed by atoms with Gasteiger partial charge >= 0.3 is 6.18 Å². The largest absolute Gasteiger partial charge is 0.418 e. The summed E-state index contributed by atoms with van der Waals surface area (Å²) in [6.07, 6.45) is -0.516. The highest BCUT2D eigenvalue weighted by atomic mass is 32.2. The number of rotatable bonds is 4. The molecule has 1 spiro atoms. The maximum absolute atomic E-state index is 14.4. The number of pyridine rings is 2. The maximum atomic E-state index is 14.4. The van der Waals surface area contributed by atoms with E-state index in [0.29, 0.717) is 29.8 Å². The molecule has 0 aromatic carbocycles. The van der Waals surface area contributed by atoms with Gasteiger partial charge in [-0.05, 0) is 43.7 Å². The first-order chi connectivity index (χ1) is 16.0. The third-order valence-corrected chi connectivity index (χ3v) is 6.81. The van der Waals surface area contributed by atoms with E-state index in [4.69, 9.17) is 5.11 Å². The average molecular weight is 505 g/mol. The molecule has 12 heteroatoms. The number of anilines is 2. The fraction of sp³-hybridized carbons (Fsp3) is 0.500. The lowest BCUT2D eigenvalue weighted by atomic mass is 9.89. The Labute approximate surface area is 198 Å². The van der Waals surface area contributed by atoms with Crippen LogP contribution in [0.2, 0.25) is 0 Å². The number of hydrogen-bond donors (Lipinski definition) is 2. The number of alkyl halides is 5. The number of nitrogens with zero attached hydrogens (tertiary/aromatic N) is 3. The van der Waals surface area contributed by atoms with Gasteiger partial charge in [-0.2, -0.15) is 13.2 Å². The quantitative estimate of drug-likeness (QED) is 0.450. The predicted molar refractivity (Wildman–Crippen MR) is 120 cm³/mol. The van der Waals surface area contributed by atoms with Gasteiger partial charge in [-0.25, -0.2) is 18.7 Å². The van der Waals surface area contributed by atoms with Crippen molar-refractivity contribution in [2.75, 3.05) is 36.7 Å². The van der Waals surface area contributed by atoms with Crippen molar-refractivity contribution < 1.29 is 31.9 Å². The number of nitrogens with one attached hydrogen (secondary N) is 1. The van der Waals surface area contributed by atoms with E-state index >= 15 is 0 Å². The van der Waals surface area contributed by atoms with Crippen molar-refractivity contribution in [3.05, 3.63) is 41.2 Å². The molecule has 186 valence electrons. The monoisotopic (exact) mass is 504 g/mol. The Morgan fingerprint density at radius 1 is 1.21 bits per heavy atom. The molecule has 2 aliphatic rings. The van der Waals surface area contributed by atoms with Crippen molar-refractivity contribution in [1.29, 1.82) is 0 Å². The van der Waals surface area contributed by atoms with Gasteiger partial charge in [-0.15, -0.1) is 11.8 Å². The molecule has 34 heavy (non-hydrogen) atoms. The molecule has 4 rings (SSSR count). The summed E-state index contributed by atoms with van der Waals surface area (Å²) in [6.45, 7) is 1.05. The number of halogens is 5. The van der Waals surface area contributed by atoms with Crippen LogP contribution in [-0.4, -0.2) is 53.4 Å². The van der Waals surface area contributed by atoms with Crippen LogP contribution >= 0.6 is 11.8 Å². The highest BCUT2D eigenvalue weighted by molar-refractivity contribution is 7.98. The van der Waals surface area contributed by atoms with Crippen molar-refractivity contribution in [3.63, 3.8) is 0 Å². The van der Waals surface area contributed by atoms with E-state index in [-0.39, 0.29) is 30.0 Å². The average Bonchev–Trinajstić information content (AvgIpc) is 3.57. The molecule has 0 unspecified atom stereocenters. The summed E-state index contributed by atoms with van der Waals surface area (Å²) in [7, 11) is 1.00. The smallest absolute Gasteiger partial charge is 0.400 e. The molecule has 2 aromatic heterocycles. The van der Waals surface area contributed by atoms with Crippen LogP contribution in [0.3, 0.4) is 0 Å². The lowest BCUT2D eigenvalue weighted by molar-refractivity contribution is -0.138. The first kappa shape index (κ1) is 26.1. The number of hydrogen-bond acceptors (Lipinski definition) is 6. The third-order valence-electron chi connectivity index (χ3n) is 6.17. The van der Waals surface area contributed by atoms with Crippen LogP contribution in [0.15, 0.2) is 29.6 Å². The van der Waals surface area contributed by atoms with E-state index in [9.17, 15) is 26.7 Å². The second-order valence-corrected chi connectivity index (χ2v) is 9.02. The minimum absolute atomic E-state index is 0.00563. The molecule has 3 heterocycles. The molecule has 2 aromatic rings. The fourth-order valence-corrected chi connectivity index (χ4v) is 4.55. The summed E-state index contributed by atoms with van der Waals surface area (Å²) in [5.41, 5.74) is -2.42. The van der Waals surface area contributed by atoms with Gasteiger partial charge in [0.25, 0.3) is 11.8 Å². The number of aliphatic hydroxyl groups is 1. The molecule has 1 aliphatic heterocycles. The Bertz CT molecular complexity index is 1060. The van der Waals surface area contributed by atoms with E-state index in [1.54, 1.807) is 12.3 Å². The Balaban J connectivity index is 0.00000158. The highest BCUT2D eigenvalue weighted by Crippen LogP contribution is 2.60. The zero-order valence-electron chi connectivity index (χ0n) is 18.8. The molecule has 1 aliphatic carbocycles. The summed E-state index contributed by atoms with van der Waals surface area (Å²) in [6, 6.07) is 3.12. The van der Waals surface area contributed by atoms with E-state index < -0.39 is 35.4 Å². The normalized spacial score (nSPS) is 18.2. The third kappa shape index (κ3) is 4.97. The second kappa shape index (κ2) is 9.65. The molecule has 1 saturated heterocycles. The summed E-state index contributed by atoms with van der Waals surface area (Å²) in [5.74, 6) is -3.62. The van der Waals surface area contributed by atoms with Crippen LogP contribution in [0, 0.1) is 12.3 Å². The fourth-order valence-electron chi connectivity index (χ4n) is 4.14. The van der Waals surface area contributed by atoms with Gasteiger partial charge in [0.1, 0.15) is 5.82 Å². The zero-order chi connectivity index (χ0) is 25.3. The lowest BCUT2D eigenvalue weighted by Crippen LogP contribution is -2.49. The number of aromatic nitrogens is 2. The molecular weight excluding hydrogens is 479 g/mol. The summed E-state index contributed by atoms with van der Waals surface area (Å²) < 4.78 is 69.3. The Morgan fingerprint density at radius 3 is 2.47 bits per heavy atom. The highest BCUT2D eigenvalue weighted by Gasteiger charge is 2.64. The van der Waals surface area contributed by atoms with E-state index in [1.165, 1.54) is 35.8 Å². The van der Waals surface area contributed by atoms with Crippen molar-refractivity contribution in [2.24, 2.45) is 5.41 Å². The van der Waals surface area contributed by atoms with Crippen LogP contribution in [0.1, 0.15) is 40.7 Å². The molecule has 0 atom stereocenters. The molecule has 1 amide bonds. The Kier molecular flexibility index (Phi) is 7.42. The van der Waals surface area contributed by atoms with Gasteiger partial charge in [0.05, 0.1) is 21.6 Å². The zero-order valence-corrected chi connectivity index (χ0v) is 19.7. The number of aliphatic hydroxyl groups excluding tert-OH is 1. The van der Waals surface area contributed by atoms with Crippen molar-refractivity contribution >= 4 is 29.2 Å². The van der Waals surface area contributed by atoms with Gasteiger partial charge in [-0.1, -0.05) is 0 Å². The number of carbonyl (C=O) groups excluding carboxylic acids is 1. The van der Waals surface area contributed by atoms with Gasteiger partial charge in [-0.3, -0.25) is 4.79 Å². The number of amides is 1.